The fourth-order valence-electron chi connectivity index (χ4n) is 2.12. The zero-order valence-electron chi connectivity index (χ0n) is 10.8. The van der Waals surface area contributed by atoms with Crippen molar-refractivity contribution >= 4 is 50.7 Å². The number of fused-ring (bicyclic) bond motifs is 1. The summed E-state index contributed by atoms with van der Waals surface area (Å²) in [6.07, 6.45) is 0.818. The normalized spacial score (nSPS) is 11.0. The van der Waals surface area contributed by atoms with Gasteiger partial charge in [-0.1, -0.05) is 24.3 Å². The SMILES string of the molecule is Nc1nc(Cl)nc2c1cc(Br)n2Cc1ccc(C=O)cc1. The highest BCUT2D eigenvalue weighted by Gasteiger charge is 2.13. The van der Waals surface area contributed by atoms with Gasteiger partial charge in [-0.3, -0.25) is 4.79 Å². The Labute approximate surface area is 133 Å². The lowest BCUT2D eigenvalue weighted by Crippen LogP contribution is -2.02. The van der Waals surface area contributed by atoms with Crippen molar-refractivity contribution in [3.05, 3.63) is 51.3 Å². The number of aldehydes is 1. The van der Waals surface area contributed by atoms with Crippen molar-refractivity contribution in [2.45, 2.75) is 6.54 Å². The van der Waals surface area contributed by atoms with Crippen LogP contribution in [0.3, 0.4) is 0 Å². The number of nitrogen functional groups attached to an aromatic ring is 1. The molecule has 0 saturated carbocycles. The van der Waals surface area contributed by atoms with E-state index in [0.29, 0.717) is 23.6 Å². The second-order valence-corrected chi connectivity index (χ2v) is 5.68. The van der Waals surface area contributed by atoms with Crippen molar-refractivity contribution in [2.75, 3.05) is 5.73 Å². The molecule has 2 aromatic heterocycles. The number of benzene rings is 1. The summed E-state index contributed by atoms with van der Waals surface area (Å²) in [5.41, 5.74) is 8.21. The summed E-state index contributed by atoms with van der Waals surface area (Å²) in [5, 5.41) is 0.860. The molecule has 0 saturated heterocycles. The van der Waals surface area contributed by atoms with E-state index in [1.807, 2.05) is 22.8 Å². The Morgan fingerprint density at radius 2 is 2.00 bits per heavy atom. The molecule has 5 nitrogen and oxygen atoms in total. The Bertz CT molecular complexity index is 829. The summed E-state index contributed by atoms with van der Waals surface area (Å²) in [7, 11) is 0. The molecule has 0 unspecified atom stereocenters. The summed E-state index contributed by atoms with van der Waals surface area (Å²) in [5.74, 6) is 0.348. The Balaban J connectivity index is 2.07. The summed E-state index contributed by atoms with van der Waals surface area (Å²) in [6.45, 7) is 0.579. The molecule has 7 heteroatoms. The largest absolute Gasteiger partial charge is 0.383 e. The number of anilines is 1. The van der Waals surface area contributed by atoms with E-state index in [9.17, 15) is 4.79 Å². The highest BCUT2D eigenvalue weighted by atomic mass is 79.9. The van der Waals surface area contributed by atoms with Gasteiger partial charge in [0.15, 0.2) is 0 Å². The summed E-state index contributed by atoms with van der Waals surface area (Å²) >= 11 is 9.37. The van der Waals surface area contributed by atoms with Gasteiger partial charge in [-0.2, -0.15) is 4.98 Å². The number of nitrogens with zero attached hydrogens (tertiary/aromatic N) is 3. The fraction of sp³-hybridized carbons (Fsp3) is 0.0714. The molecule has 0 atom stereocenters. The Morgan fingerprint density at radius 1 is 1.29 bits per heavy atom. The third-order valence-electron chi connectivity index (χ3n) is 3.16. The minimum absolute atomic E-state index is 0.114. The minimum atomic E-state index is 0.114. The molecule has 0 aliphatic rings. The molecule has 106 valence electrons. The Kier molecular flexibility index (Phi) is 3.65. The first-order valence-electron chi connectivity index (χ1n) is 6.10. The molecule has 0 radical (unpaired) electrons. The maximum absolute atomic E-state index is 10.7. The fourth-order valence-corrected chi connectivity index (χ4v) is 2.82. The summed E-state index contributed by atoms with van der Waals surface area (Å²) in [4.78, 5) is 18.9. The monoisotopic (exact) mass is 364 g/mol. The number of hydrogen-bond donors (Lipinski definition) is 1. The number of rotatable bonds is 3. The van der Waals surface area contributed by atoms with Crippen molar-refractivity contribution in [3.63, 3.8) is 0 Å². The van der Waals surface area contributed by atoms with Gasteiger partial charge in [0, 0.05) is 5.56 Å². The van der Waals surface area contributed by atoms with Gasteiger partial charge in [0.05, 0.1) is 16.5 Å². The highest BCUT2D eigenvalue weighted by Crippen LogP contribution is 2.28. The van der Waals surface area contributed by atoms with Gasteiger partial charge < -0.3 is 10.3 Å². The molecule has 0 amide bonds. The van der Waals surface area contributed by atoms with Crippen molar-refractivity contribution < 1.29 is 4.79 Å². The van der Waals surface area contributed by atoms with Gasteiger partial charge >= 0.3 is 0 Å². The van der Waals surface area contributed by atoms with Crippen LogP contribution in [0.2, 0.25) is 5.28 Å². The van der Waals surface area contributed by atoms with E-state index in [1.54, 1.807) is 12.1 Å². The average molecular weight is 366 g/mol. The summed E-state index contributed by atoms with van der Waals surface area (Å²) < 4.78 is 2.77. The van der Waals surface area contributed by atoms with Crippen LogP contribution in [-0.2, 0) is 6.54 Å². The molecule has 2 N–H and O–H groups in total. The maximum Gasteiger partial charge on any atom is 0.226 e. The highest BCUT2D eigenvalue weighted by molar-refractivity contribution is 9.10. The van der Waals surface area contributed by atoms with Crippen LogP contribution in [0, 0.1) is 0 Å². The predicted molar refractivity (Wildman–Crippen MR) is 85.6 cm³/mol. The van der Waals surface area contributed by atoms with E-state index in [1.165, 1.54) is 0 Å². The Morgan fingerprint density at radius 3 is 2.67 bits per heavy atom. The van der Waals surface area contributed by atoms with E-state index < -0.39 is 0 Å². The van der Waals surface area contributed by atoms with Crippen LogP contribution in [0.1, 0.15) is 15.9 Å². The van der Waals surface area contributed by atoms with Crippen molar-refractivity contribution in [1.82, 2.24) is 14.5 Å². The molecule has 21 heavy (non-hydrogen) atoms. The van der Waals surface area contributed by atoms with Crippen LogP contribution >= 0.6 is 27.5 Å². The van der Waals surface area contributed by atoms with Crippen molar-refractivity contribution in [2.24, 2.45) is 0 Å². The smallest absolute Gasteiger partial charge is 0.226 e. The Hall–Kier alpha value is -1.92. The third kappa shape index (κ3) is 2.64. The van der Waals surface area contributed by atoms with Crippen molar-refractivity contribution in [3.8, 4) is 0 Å². The maximum atomic E-state index is 10.7. The van der Waals surface area contributed by atoms with E-state index in [-0.39, 0.29) is 5.28 Å². The quantitative estimate of drug-likeness (QED) is 0.571. The molecule has 0 bridgehead atoms. The standard InChI is InChI=1S/C14H10BrClN4O/c15-11-5-10-12(17)18-14(16)19-13(10)20(11)6-8-1-3-9(7-21)4-2-8/h1-5,7H,6H2,(H2,17,18,19). The number of hydrogen-bond acceptors (Lipinski definition) is 4. The number of carbonyl (C=O) groups excluding carboxylic acids is 1. The lowest BCUT2D eigenvalue weighted by atomic mass is 10.1. The molecule has 0 aliphatic heterocycles. The van der Waals surface area contributed by atoms with Crippen LogP contribution < -0.4 is 5.73 Å². The minimum Gasteiger partial charge on any atom is -0.383 e. The van der Waals surface area contributed by atoms with Crippen LogP contribution in [0.4, 0.5) is 5.82 Å². The molecule has 0 spiro atoms. The van der Waals surface area contributed by atoms with Crippen LogP contribution in [0.25, 0.3) is 11.0 Å². The number of aromatic nitrogens is 3. The molecule has 1 aromatic carbocycles. The number of carbonyl (C=O) groups is 1. The number of nitrogens with two attached hydrogens (primary N) is 1. The predicted octanol–water partition coefficient (Wildman–Crippen LogP) is 3.29. The first-order valence-corrected chi connectivity index (χ1v) is 7.27. The van der Waals surface area contributed by atoms with E-state index in [2.05, 4.69) is 25.9 Å². The zero-order valence-corrected chi connectivity index (χ0v) is 13.1. The molecular weight excluding hydrogens is 356 g/mol. The van der Waals surface area contributed by atoms with Gasteiger partial charge in [0.2, 0.25) is 5.28 Å². The molecule has 2 heterocycles. The third-order valence-corrected chi connectivity index (χ3v) is 3.99. The first-order chi connectivity index (χ1) is 10.1. The van der Waals surface area contributed by atoms with Gasteiger partial charge in [0.1, 0.15) is 17.8 Å². The van der Waals surface area contributed by atoms with Crippen LogP contribution in [0.5, 0.6) is 0 Å². The van der Waals surface area contributed by atoms with E-state index in [0.717, 1.165) is 21.8 Å². The lowest BCUT2D eigenvalue weighted by molar-refractivity contribution is 0.112. The van der Waals surface area contributed by atoms with Crippen LogP contribution in [0.15, 0.2) is 34.9 Å². The van der Waals surface area contributed by atoms with E-state index in [4.69, 9.17) is 17.3 Å². The molecular formula is C14H10BrClN4O. The zero-order chi connectivity index (χ0) is 15.0. The van der Waals surface area contributed by atoms with Gasteiger partial charge in [-0.25, -0.2) is 4.98 Å². The van der Waals surface area contributed by atoms with Gasteiger partial charge in [-0.15, -0.1) is 0 Å². The molecule has 0 aliphatic carbocycles. The topological polar surface area (TPSA) is 73.8 Å². The lowest BCUT2D eigenvalue weighted by Gasteiger charge is -2.07. The van der Waals surface area contributed by atoms with E-state index >= 15 is 0 Å². The van der Waals surface area contributed by atoms with Gasteiger partial charge in [-0.05, 0) is 39.2 Å². The first kappa shape index (κ1) is 14.0. The second kappa shape index (κ2) is 5.46. The molecule has 3 aromatic rings. The second-order valence-electron chi connectivity index (χ2n) is 4.53. The summed E-state index contributed by atoms with van der Waals surface area (Å²) in [6, 6.07) is 9.21. The molecule has 0 fully saturated rings. The molecule has 3 rings (SSSR count). The average Bonchev–Trinajstić information content (AvgIpc) is 2.77. The van der Waals surface area contributed by atoms with Crippen LogP contribution in [-0.4, -0.2) is 20.8 Å². The van der Waals surface area contributed by atoms with Crippen molar-refractivity contribution in [1.29, 1.82) is 0 Å². The number of halogens is 2. The van der Waals surface area contributed by atoms with Gasteiger partial charge in [0.25, 0.3) is 0 Å².